The summed E-state index contributed by atoms with van der Waals surface area (Å²) in [5.74, 6) is -4.22. The van der Waals surface area contributed by atoms with Crippen LogP contribution in [-0.4, -0.2) is 31.8 Å². The van der Waals surface area contributed by atoms with Crippen LogP contribution in [0.4, 0.5) is 52.7 Å². The maximum atomic E-state index is 13.9. The number of rotatable bonds is 1. The third kappa shape index (κ3) is 2.91. The Balaban J connectivity index is 2.38. The molecule has 0 saturated carbocycles. The number of allylic oxidation sites excluding steroid dienone is 3. The molecule has 1 heterocycles. The Morgan fingerprint density at radius 2 is 1.13 bits per heavy atom. The van der Waals surface area contributed by atoms with E-state index >= 15 is 0 Å². The topological polar surface area (TPSA) is 18.5 Å². The number of hydrogen-bond acceptors (Lipinski definition) is 2. The summed E-state index contributed by atoms with van der Waals surface area (Å²) >= 11 is 0. The molecule has 0 saturated heterocycles. The molecular formula is C16H7BF12O2. The van der Waals surface area contributed by atoms with Crippen molar-refractivity contribution >= 4 is 12.6 Å². The first-order chi connectivity index (χ1) is 13.9. The van der Waals surface area contributed by atoms with Crippen molar-refractivity contribution in [2.75, 3.05) is 0 Å². The van der Waals surface area contributed by atoms with E-state index in [0.29, 0.717) is 0 Å². The summed E-state index contributed by atoms with van der Waals surface area (Å²) in [6, 6.07) is 6.02. The van der Waals surface area contributed by atoms with Crippen LogP contribution in [0.2, 0.25) is 0 Å². The first kappa shape index (κ1) is 23.2. The van der Waals surface area contributed by atoms with Crippen LogP contribution < -0.4 is 5.46 Å². The van der Waals surface area contributed by atoms with Crippen LogP contribution in [-0.2, 0) is 9.31 Å². The Morgan fingerprint density at radius 1 is 0.645 bits per heavy atom. The van der Waals surface area contributed by atoms with Crippen LogP contribution in [0.3, 0.4) is 0 Å². The molecule has 0 radical (unpaired) electrons. The van der Waals surface area contributed by atoms with E-state index in [1.54, 1.807) is 0 Å². The van der Waals surface area contributed by atoms with Gasteiger partial charge in [-0.2, -0.15) is 52.7 Å². The van der Waals surface area contributed by atoms with E-state index in [9.17, 15) is 52.7 Å². The Morgan fingerprint density at radius 3 is 1.55 bits per heavy atom. The van der Waals surface area contributed by atoms with Gasteiger partial charge in [-0.15, -0.1) is 0 Å². The third-order valence-electron chi connectivity index (χ3n) is 4.92. The molecule has 0 amide bonds. The molecule has 3 rings (SSSR count). The number of benzene rings is 1. The van der Waals surface area contributed by atoms with Gasteiger partial charge in [0.1, 0.15) is 11.5 Å². The van der Waals surface area contributed by atoms with Crippen LogP contribution in [0.1, 0.15) is 0 Å². The SMILES string of the molecule is FC(F)(F)C1(C(F)(F)F)C=CC2=C(OB(c3ccccc3)O2)C1(C(F)(F)F)C(F)(F)F. The van der Waals surface area contributed by atoms with E-state index < -0.39 is 60.2 Å². The highest BCUT2D eigenvalue weighted by atomic mass is 19.4. The van der Waals surface area contributed by atoms with Crippen molar-refractivity contribution in [3.8, 4) is 0 Å². The Labute approximate surface area is 165 Å². The van der Waals surface area contributed by atoms with Crippen molar-refractivity contribution in [1.82, 2.24) is 0 Å². The van der Waals surface area contributed by atoms with Crippen LogP contribution >= 0.6 is 0 Å². The van der Waals surface area contributed by atoms with Crippen LogP contribution in [0.5, 0.6) is 0 Å². The van der Waals surface area contributed by atoms with Crippen molar-refractivity contribution in [3.05, 3.63) is 54.0 Å². The molecule has 15 heteroatoms. The molecule has 0 atom stereocenters. The minimum absolute atomic E-state index is 0.241. The molecule has 1 aliphatic carbocycles. The lowest BCUT2D eigenvalue weighted by Gasteiger charge is -2.51. The normalized spacial score (nSPS) is 21.0. The molecule has 0 unspecified atom stereocenters. The fourth-order valence-electron chi connectivity index (χ4n) is 3.64. The molecule has 0 spiro atoms. The summed E-state index contributed by atoms with van der Waals surface area (Å²) in [7, 11) is -2.14. The van der Waals surface area contributed by atoms with E-state index in [0.717, 1.165) is 12.1 Å². The van der Waals surface area contributed by atoms with Crippen molar-refractivity contribution < 1.29 is 62.0 Å². The van der Waals surface area contributed by atoms with Gasteiger partial charge in [0.05, 0.1) is 0 Å². The summed E-state index contributed by atoms with van der Waals surface area (Å²) in [6.45, 7) is 0. The van der Waals surface area contributed by atoms with Gasteiger partial charge >= 0.3 is 31.8 Å². The number of halogens is 12. The molecule has 2 aliphatic rings. The zero-order chi connectivity index (χ0) is 23.7. The smallest absolute Gasteiger partial charge is 0.521 e. The fraction of sp³-hybridized carbons (Fsp3) is 0.375. The second kappa shape index (κ2) is 6.51. The molecular weight excluding hydrogens is 463 g/mol. The Hall–Kier alpha value is -2.48. The second-order valence-corrected chi connectivity index (χ2v) is 6.55. The van der Waals surface area contributed by atoms with Crippen molar-refractivity contribution in [3.63, 3.8) is 0 Å². The van der Waals surface area contributed by atoms with Gasteiger partial charge in [-0.1, -0.05) is 36.4 Å². The van der Waals surface area contributed by atoms with Crippen molar-refractivity contribution in [2.45, 2.75) is 24.7 Å². The average Bonchev–Trinajstić information content (AvgIpc) is 3.01. The third-order valence-corrected chi connectivity index (χ3v) is 4.92. The highest BCUT2D eigenvalue weighted by Gasteiger charge is 2.95. The lowest BCUT2D eigenvalue weighted by atomic mass is 9.57. The molecule has 1 aromatic carbocycles. The summed E-state index contributed by atoms with van der Waals surface area (Å²) in [6.07, 6.45) is -29.9. The summed E-state index contributed by atoms with van der Waals surface area (Å²) < 4.78 is 174. The lowest BCUT2D eigenvalue weighted by Crippen LogP contribution is -2.71. The lowest BCUT2D eigenvalue weighted by molar-refractivity contribution is -0.450. The monoisotopic (exact) mass is 470 g/mol. The van der Waals surface area contributed by atoms with E-state index in [2.05, 4.69) is 4.65 Å². The quantitative estimate of drug-likeness (QED) is 0.403. The molecule has 170 valence electrons. The minimum atomic E-state index is -7.16. The van der Waals surface area contributed by atoms with Crippen LogP contribution in [0.15, 0.2) is 54.0 Å². The molecule has 1 aliphatic heterocycles. The van der Waals surface area contributed by atoms with E-state index in [4.69, 9.17) is 4.65 Å². The zero-order valence-corrected chi connectivity index (χ0v) is 14.5. The second-order valence-electron chi connectivity index (χ2n) is 6.55. The predicted molar refractivity (Wildman–Crippen MR) is 79.3 cm³/mol. The van der Waals surface area contributed by atoms with E-state index in [1.807, 2.05) is 0 Å². The van der Waals surface area contributed by atoms with Crippen molar-refractivity contribution in [1.29, 1.82) is 0 Å². The minimum Gasteiger partial charge on any atom is -0.521 e. The highest BCUT2D eigenvalue weighted by Crippen LogP contribution is 2.75. The summed E-state index contributed by atoms with van der Waals surface area (Å²) in [5, 5.41) is 0. The van der Waals surface area contributed by atoms with Gasteiger partial charge < -0.3 is 9.31 Å². The Kier molecular flexibility index (Phi) is 4.87. The number of hydrogen-bond donors (Lipinski definition) is 0. The Bertz CT molecular complexity index is 880. The van der Waals surface area contributed by atoms with Gasteiger partial charge in [0.15, 0.2) is 0 Å². The molecule has 0 aromatic heterocycles. The first-order valence-electron chi connectivity index (χ1n) is 8.01. The predicted octanol–water partition coefficient (Wildman–Crippen LogP) is 5.43. The van der Waals surface area contributed by atoms with Gasteiger partial charge in [0, 0.05) is 5.46 Å². The molecule has 0 fully saturated rings. The van der Waals surface area contributed by atoms with Gasteiger partial charge in [-0.05, 0) is 6.08 Å². The summed E-state index contributed by atoms with van der Waals surface area (Å²) in [5.41, 5.74) is -13.2. The van der Waals surface area contributed by atoms with Crippen LogP contribution in [0, 0.1) is 10.8 Å². The molecule has 0 bridgehead atoms. The average molecular weight is 470 g/mol. The summed E-state index contributed by atoms with van der Waals surface area (Å²) in [4.78, 5) is 0. The fourth-order valence-corrected chi connectivity index (χ4v) is 3.64. The van der Waals surface area contributed by atoms with E-state index in [-0.39, 0.29) is 11.5 Å². The maximum Gasteiger partial charge on any atom is 0.632 e. The van der Waals surface area contributed by atoms with Gasteiger partial charge in [0.2, 0.25) is 10.8 Å². The van der Waals surface area contributed by atoms with E-state index in [1.165, 1.54) is 18.2 Å². The molecule has 2 nitrogen and oxygen atoms in total. The molecule has 1 aromatic rings. The standard InChI is InChI=1S/C16H7BF12O2/c18-13(19,20)11(14(21,22)23)7-6-9-10(12(11,15(24,25)26)16(27,28)29)31-17(30-9)8-4-2-1-3-5-8/h1-7H. The number of alkyl halides is 12. The van der Waals surface area contributed by atoms with Gasteiger partial charge in [-0.3, -0.25) is 0 Å². The van der Waals surface area contributed by atoms with Crippen molar-refractivity contribution in [2.24, 2.45) is 10.8 Å². The first-order valence-corrected chi connectivity index (χ1v) is 8.01. The van der Waals surface area contributed by atoms with Gasteiger partial charge in [0.25, 0.3) is 0 Å². The zero-order valence-electron chi connectivity index (χ0n) is 14.5. The van der Waals surface area contributed by atoms with Gasteiger partial charge in [-0.25, -0.2) is 0 Å². The largest absolute Gasteiger partial charge is 0.632 e. The molecule has 0 N–H and O–H groups in total. The molecule has 31 heavy (non-hydrogen) atoms. The highest BCUT2D eigenvalue weighted by molar-refractivity contribution is 6.62. The van der Waals surface area contributed by atoms with Crippen LogP contribution in [0.25, 0.3) is 0 Å². The maximum absolute atomic E-state index is 13.9.